The maximum absolute atomic E-state index is 12.3. The van der Waals surface area contributed by atoms with Crippen LogP contribution in [0.4, 0.5) is 4.79 Å². The van der Waals surface area contributed by atoms with Crippen LogP contribution >= 0.6 is 0 Å². The maximum atomic E-state index is 12.3. The van der Waals surface area contributed by atoms with Gasteiger partial charge in [-0.1, -0.05) is 31.2 Å². The van der Waals surface area contributed by atoms with Gasteiger partial charge in [0.1, 0.15) is 0 Å². The van der Waals surface area contributed by atoms with Crippen LogP contribution in [-0.2, 0) is 12.8 Å². The van der Waals surface area contributed by atoms with Crippen molar-refractivity contribution in [3.05, 3.63) is 51.7 Å². The molecule has 130 valence electrons. The monoisotopic (exact) mass is 331 g/mol. The molecule has 1 aromatic carbocycles. The van der Waals surface area contributed by atoms with Crippen molar-refractivity contribution in [2.45, 2.75) is 52.5 Å². The Morgan fingerprint density at radius 2 is 1.92 bits per heavy atom. The normalized spacial score (nSPS) is 11.5. The molecule has 2 rings (SSSR count). The molecule has 0 atom stereocenters. The van der Waals surface area contributed by atoms with Gasteiger partial charge in [-0.25, -0.2) is 9.59 Å². The van der Waals surface area contributed by atoms with E-state index in [-0.39, 0.29) is 5.82 Å². The van der Waals surface area contributed by atoms with Crippen LogP contribution in [0.25, 0.3) is 0 Å². The zero-order valence-electron chi connectivity index (χ0n) is 14.7. The van der Waals surface area contributed by atoms with Crippen molar-refractivity contribution in [3.63, 3.8) is 0 Å². The smallest absolute Gasteiger partial charge is 0.333 e. The Hall–Kier alpha value is -2.57. The summed E-state index contributed by atoms with van der Waals surface area (Å²) in [6.07, 6.45) is 2.56. The van der Waals surface area contributed by atoms with E-state index in [1.54, 1.807) is 6.92 Å². The second-order valence-corrected chi connectivity index (χ2v) is 6.55. The third kappa shape index (κ3) is 3.84. The predicted octanol–water partition coefficient (Wildman–Crippen LogP) is 1.60. The summed E-state index contributed by atoms with van der Waals surface area (Å²) in [4.78, 5) is 24.2. The highest BCUT2D eigenvalue weighted by Crippen LogP contribution is 2.17. The Labute approximate surface area is 141 Å². The topological polar surface area (TPSA) is 94.9 Å². The first-order valence-corrected chi connectivity index (χ1v) is 8.08. The molecule has 0 saturated carbocycles. The molecule has 3 N–H and O–H groups in total. The predicted molar refractivity (Wildman–Crippen MR) is 93.5 cm³/mol. The quantitative estimate of drug-likeness (QED) is 0.814. The van der Waals surface area contributed by atoms with E-state index in [0.29, 0.717) is 0 Å². The fourth-order valence-corrected chi connectivity index (χ4v) is 2.61. The van der Waals surface area contributed by atoms with Crippen molar-refractivity contribution >= 4 is 6.03 Å². The summed E-state index contributed by atoms with van der Waals surface area (Å²) in [5, 5.41) is 6.72. The van der Waals surface area contributed by atoms with Gasteiger partial charge in [-0.15, -0.1) is 9.78 Å². The Bertz CT molecular complexity index is 789. The molecular formula is C17H25N5O2. The molecule has 0 bridgehead atoms. The molecule has 0 saturated heterocycles. The van der Waals surface area contributed by atoms with E-state index in [1.165, 1.54) is 11.1 Å². The van der Waals surface area contributed by atoms with Gasteiger partial charge in [0.2, 0.25) is 0 Å². The minimum Gasteiger partial charge on any atom is -0.333 e. The third-order valence-corrected chi connectivity index (χ3v) is 4.14. The minimum atomic E-state index is -0.655. The fraction of sp³-hybridized carbons (Fsp3) is 0.471. The van der Waals surface area contributed by atoms with Gasteiger partial charge in [-0.05, 0) is 51.2 Å². The van der Waals surface area contributed by atoms with E-state index < -0.39 is 17.3 Å². The van der Waals surface area contributed by atoms with Crippen molar-refractivity contribution in [2.24, 2.45) is 0 Å². The standard InChI is InChI=1S/C17H25N5O2/c1-5-13-8-6-7-9-14(13)10-11-17(3,4)19-15(23)22-16(24)21(18)12(2)20-22/h6-9H,5,10-11,18H2,1-4H3,(H,19,23). The Morgan fingerprint density at radius 1 is 1.29 bits per heavy atom. The minimum absolute atomic E-state index is 0.282. The first kappa shape index (κ1) is 17.8. The van der Waals surface area contributed by atoms with Gasteiger partial charge in [-0.2, -0.15) is 4.68 Å². The molecule has 7 nitrogen and oxygen atoms in total. The van der Waals surface area contributed by atoms with Crippen molar-refractivity contribution in [1.29, 1.82) is 0 Å². The molecule has 0 unspecified atom stereocenters. The summed E-state index contributed by atoms with van der Waals surface area (Å²) in [5.41, 5.74) is 1.45. The molecule has 0 radical (unpaired) electrons. The molecule has 1 aromatic heterocycles. The zero-order valence-corrected chi connectivity index (χ0v) is 14.7. The van der Waals surface area contributed by atoms with Crippen LogP contribution in [0, 0.1) is 6.92 Å². The Kier molecular flexibility index (Phi) is 5.11. The van der Waals surface area contributed by atoms with Crippen LogP contribution in [-0.4, -0.2) is 26.0 Å². The first-order valence-electron chi connectivity index (χ1n) is 8.08. The van der Waals surface area contributed by atoms with Gasteiger partial charge < -0.3 is 11.2 Å². The Morgan fingerprint density at radius 3 is 2.46 bits per heavy atom. The summed E-state index contributed by atoms with van der Waals surface area (Å²) in [5.74, 6) is 5.79. The third-order valence-electron chi connectivity index (χ3n) is 4.14. The number of nitrogens with zero attached hydrogens (tertiary/aromatic N) is 3. The Balaban J connectivity index is 2.06. The highest BCUT2D eigenvalue weighted by molar-refractivity contribution is 5.76. The second kappa shape index (κ2) is 6.90. The van der Waals surface area contributed by atoms with Gasteiger partial charge >= 0.3 is 11.7 Å². The van der Waals surface area contributed by atoms with E-state index in [0.717, 1.165) is 28.6 Å². The maximum Gasteiger partial charge on any atom is 0.373 e. The summed E-state index contributed by atoms with van der Waals surface area (Å²) in [6.45, 7) is 7.55. The largest absolute Gasteiger partial charge is 0.373 e. The lowest BCUT2D eigenvalue weighted by molar-refractivity contribution is 0.225. The summed E-state index contributed by atoms with van der Waals surface area (Å²) in [7, 11) is 0. The van der Waals surface area contributed by atoms with Crippen LogP contribution < -0.4 is 16.8 Å². The number of nitrogen functional groups attached to an aromatic ring is 1. The fourth-order valence-electron chi connectivity index (χ4n) is 2.61. The van der Waals surface area contributed by atoms with E-state index in [2.05, 4.69) is 29.5 Å². The number of rotatable bonds is 5. The molecule has 24 heavy (non-hydrogen) atoms. The number of amides is 1. The summed E-state index contributed by atoms with van der Waals surface area (Å²) < 4.78 is 1.61. The van der Waals surface area contributed by atoms with Crippen LogP contribution in [0.15, 0.2) is 29.1 Å². The lowest BCUT2D eigenvalue weighted by atomic mass is 9.92. The summed E-state index contributed by atoms with van der Waals surface area (Å²) in [6, 6.07) is 7.72. The van der Waals surface area contributed by atoms with Crippen molar-refractivity contribution in [1.82, 2.24) is 19.8 Å². The average molecular weight is 331 g/mol. The number of carbonyl (C=O) groups is 1. The lowest BCUT2D eigenvalue weighted by Gasteiger charge is -2.26. The van der Waals surface area contributed by atoms with Crippen molar-refractivity contribution in [2.75, 3.05) is 5.84 Å². The second-order valence-electron chi connectivity index (χ2n) is 6.55. The molecule has 1 amide bonds. The zero-order chi connectivity index (χ0) is 17.9. The number of nitrogens with one attached hydrogen (secondary N) is 1. The van der Waals surface area contributed by atoms with Gasteiger partial charge in [0, 0.05) is 5.54 Å². The van der Waals surface area contributed by atoms with Crippen molar-refractivity contribution in [3.8, 4) is 0 Å². The highest BCUT2D eigenvalue weighted by atomic mass is 16.2. The van der Waals surface area contributed by atoms with Gasteiger partial charge in [-0.3, -0.25) is 0 Å². The molecule has 0 aliphatic heterocycles. The van der Waals surface area contributed by atoms with E-state index >= 15 is 0 Å². The number of hydrogen-bond acceptors (Lipinski definition) is 4. The molecule has 0 spiro atoms. The number of hydrogen-bond donors (Lipinski definition) is 2. The SMILES string of the molecule is CCc1ccccc1CCC(C)(C)NC(=O)n1nc(C)n(N)c1=O. The number of nitrogens with two attached hydrogens (primary N) is 1. The molecular weight excluding hydrogens is 306 g/mol. The highest BCUT2D eigenvalue weighted by Gasteiger charge is 2.24. The number of carbonyl (C=O) groups excluding carboxylic acids is 1. The van der Waals surface area contributed by atoms with Crippen molar-refractivity contribution < 1.29 is 4.79 Å². The first-order chi connectivity index (χ1) is 11.2. The van der Waals surface area contributed by atoms with E-state index in [4.69, 9.17) is 5.84 Å². The molecule has 0 aliphatic carbocycles. The van der Waals surface area contributed by atoms with Crippen LogP contribution in [0.1, 0.15) is 44.1 Å². The van der Waals surface area contributed by atoms with Gasteiger partial charge in [0.15, 0.2) is 5.82 Å². The van der Waals surface area contributed by atoms with Crippen LogP contribution in [0.5, 0.6) is 0 Å². The molecule has 2 aromatic rings. The van der Waals surface area contributed by atoms with Gasteiger partial charge in [0.05, 0.1) is 0 Å². The lowest BCUT2D eigenvalue weighted by Crippen LogP contribution is -2.49. The molecule has 1 heterocycles. The van der Waals surface area contributed by atoms with Crippen LogP contribution in [0.3, 0.4) is 0 Å². The number of aryl methyl sites for hydroxylation is 3. The number of benzene rings is 1. The van der Waals surface area contributed by atoms with E-state index in [9.17, 15) is 9.59 Å². The summed E-state index contributed by atoms with van der Waals surface area (Å²) >= 11 is 0. The number of aromatic nitrogens is 3. The molecule has 7 heteroatoms. The average Bonchev–Trinajstić information content (AvgIpc) is 2.80. The van der Waals surface area contributed by atoms with Crippen LogP contribution in [0.2, 0.25) is 0 Å². The van der Waals surface area contributed by atoms with E-state index in [1.807, 2.05) is 26.0 Å². The molecule has 0 fully saturated rings. The molecule has 0 aliphatic rings. The van der Waals surface area contributed by atoms with Gasteiger partial charge in [0.25, 0.3) is 0 Å².